The van der Waals surface area contributed by atoms with Gasteiger partial charge in [0, 0.05) is 11.9 Å². The van der Waals surface area contributed by atoms with Crippen LogP contribution in [0.4, 0.5) is 11.5 Å². The van der Waals surface area contributed by atoms with Crippen LogP contribution < -0.4 is 11.1 Å². The Bertz CT molecular complexity index is 739. The predicted octanol–water partition coefficient (Wildman–Crippen LogP) is 4.18. The third-order valence-corrected chi connectivity index (χ3v) is 3.65. The summed E-state index contributed by atoms with van der Waals surface area (Å²) in [6.07, 6.45) is 1.84. The molecular weight excluding hydrogens is 270 g/mol. The molecule has 0 saturated carbocycles. The molecule has 1 heterocycles. The van der Waals surface area contributed by atoms with Gasteiger partial charge in [-0.15, -0.1) is 0 Å². The van der Waals surface area contributed by atoms with Gasteiger partial charge in [0.1, 0.15) is 5.82 Å². The number of para-hydroxylation sites is 1. The molecule has 0 fully saturated rings. The molecular formula is C19H19N3. The highest BCUT2D eigenvalue weighted by Crippen LogP contribution is 2.24. The van der Waals surface area contributed by atoms with Crippen LogP contribution in [0.25, 0.3) is 0 Å². The molecule has 0 aliphatic heterocycles. The summed E-state index contributed by atoms with van der Waals surface area (Å²) in [6, 6.07) is 22.0. The fourth-order valence-electron chi connectivity index (χ4n) is 2.41. The predicted molar refractivity (Wildman–Crippen MR) is 91.2 cm³/mol. The summed E-state index contributed by atoms with van der Waals surface area (Å²) < 4.78 is 0. The molecule has 3 nitrogen and oxygen atoms in total. The molecule has 3 N–H and O–H groups in total. The Morgan fingerprint density at radius 2 is 1.55 bits per heavy atom. The van der Waals surface area contributed by atoms with Crippen molar-refractivity contribution in [3.8, 4) is 0 Å². The molecule has 0 unspecified atom stereocenters. The lowest BCUT2D eigenvalue weighted by molar-refractivity contribution is 0.861. The van der Waals surface area contributed by atoms with E-state index in [-0.39, 0.29) is 6.04 Å². The molecule has 22 heavy (non-hydrogen) atoms. The molecule has 0 bridgehead atoms. The van der Waals surface area contributed by atoms with E-state index in [9.17, 15) is 0 Å². The lowest BCUT2D eigenvalue weighted by Gasteiger charge is -2.15. The van der Waals surface area contributed by atoms with E-state index in [1.165, 1.54) is 0 Å². The average Bonchev–Trinajstić information content (AvgIpc) is 2.58. The Hall–Kier alpha value is -2.65. The Kier molecular flexibility index (Phi) is 4.17. The minimum Gasteiger partial charge on any atom is -0.340 e. The zero-order valence-electron chi connectivity index (χ0n) is 12.5. The van der Waals surface area contributed by atoms with Gasteiger partial charge < -0.3 is 11.1 Å². The summed E-state index contributed by atoms with van der Waals surface area (Å²) in [5.41, 5.74) is 10.5. The first-order chi connectivity index (χ1) is 10.7. The van der Waals surface area contributed by atoms with Crippen LogP contribution in [0.5, 0.6) is 0 Å². The molecule has 1 aromatic heterocycles. The van der Waals surface area contributed by atoms with Crippen LogP contribution in [0.1, 0.15) is 22.7 Å². The summed E-state index contributed by atoms with van der Waals surface area (Å²) in [6.45, 7) is 2.04. The Labute approximate surface area is 130 Å². The fourth-order valence-corrected chi connectivity index (χ4v) is 2.41. The smallest absolute Gasteiger partial charge is 0.133 e. The molecule has 2 aromatic carbocycles. The number of aryl methyl sites for hydroxylation is 1. The maximum absolute atomic E-state index is 6.33. The van der Waals surface area contributed by atoms with E-state index in [0.29, 0.717) is 0 Å². The number of anilines is 2. The van der Waals surface area contributed by atoms with E-state index in [4.69, 9.17) is 5.73 Å². The third-order valence-electron chi connectivity index (χ3n) is 3.65. The van der Waals surface area contributed by atoms with Crippen LogP contribution in [0.2, 0.25) is 0 Å². The minimum atomic E-state index is -0.154. The van der Waals surface area contributed by atoms with Crippen LogP contribution >= 0.6 is 0 Å². The zero-order chi connectivity index (χ0) is 15.4. The molecule has 110 valence electrons. The maximum Gasteiger partial charge on any atom is 0.133 e. The van der Waals surface area contributed by atoms with Gasteiger partial charge in [0.25, 0.3) is 0 Å². The standard InChI is InChI=1S/C19H19N3/c1-14-12-16(18(20)15-8-4-2-5-9-15)13-21-19(14)22-17-10-6-3-7-11-17/h2-13,18H,20H2,1H3,(H,21,22)/t18-/m0/s1. The number of aromatic nitrogens is 1. The number of nitrogens with zero attached hydrogens (tertiary/aromatic N) is 1. The quantitative estimate of drug-likeness (QED) is 0.757. The monoisotopic (exact) mass is 289 g/mol. The molecule has 0 amide bonds. The van der Waals surface area contributed by atoms with E-state index in [1.54, 1.807) is 0 Å². The molecule has 0 saturated heterocycles. The second-order valence-electron chi connectivity index (χ2n) is 5.31. The first-order valence-electron chi connectivity index (χ1n) is 7.33. The van der Waals surface area contributed by atoms with Crippen molar-refractivity contribution in [1.29, 1.82) is 0 Å². The normalized spacial score (nSPS) is 11.9. The van der Waals surface area contributed by atoms with Crippen molar-refractivity contribution >= 4 is 11.5 Å². The van der Waals surface area contributed by atoms with Crippen molar-refractivity contribution in [3.63, 3.8) is 0 Å². The molecule has 0 radical (unpaired) electrons. The molecule has 0 spiro atoms. The van der Waals surface area contributed by atoms with Gasteiger partial charge in [0.2, 0.25) is 0 Å². The Balaban J connectivity index is 1.83. The van der Waals surface area contributed by atoms with Crippen molar-refractivity contribution < 1.29 is 0 Å². The number of benzene rings is 2. The van der Waals surface area contributed by atoms with Gasteiger partial charge >= 0.3 is 0 Å². The molecule has 3 aromatic rings. The van der Waals surface area contributed by atoms with Gasteiger partial charge in [-0.2, -0.15) is 0 Å². The molecule has 0 aliphatic rings. The van der Waals surface area contributed by atoms with Crippen molar-refractivity contribution in [2.24, 2.45) is 5.73 Å². The van der Waals surface area contributed by atoms with Crippen LogP contribution in [0.15, 0.2) is 72.9 Å². The third kappa shape index (κ3) is 3.15. The summed E-state index contributed by atoms with van der Waals surface area (Å²) in [7, 11) is 0. The lowest BCUT2D eigenvalue weighted by atomic mass is 10.00. The Morgan fingerprint density at radius 3 is 2.18 bits per heavy atom. The highest BCUT2D eigenvalue weighted by atomic mass is 15.0. The van der Waals surface area contributed by atoms with Crippen LogP contribution in [0.3, 0.4) is 0 Å². The zero-order valence-corrected chi connectivity index (χ0v) is 12.5. The second kappa shape index (κ2) is 6.41. The second-order valence-corrected chi connectivity index (χ2v) is 5.31. The summed E-state index contributed by atoms with van der Waals surface area (Å²) >= 11 is 0. The van der Waals surface area contributed by atoms with Gasteiger partial charge in [-0.05, 0) is 41.8 Å². The molecule has 0 aliphatic carbocycles. The maximum atomic E-state index is 6.33. The van der Waals surface area contributed by atoms with Crippen LogP contribution in [-0.4, -0.2) is 4.98 Å². The topological polar surface area (TPSA) is 50.9 Å². The first-order valence-corrected chi connectivity index (χ1v) is 7.33. The number of nitrogens with two attached hydrogens (primary N) is 1. The van der Waals surface area contributed by atoms with Crippen molar-refractivity contribution in [3.05, 3.63) is 89.6 Å². The van der Waals surface area contributed by atoms with Crippen molar-refractivity contribution in [2.75, 3.05) is 5.32 Å². The molecule has 1 atom stereocenters. The highest BCUT2D eigenvalue weighted by Gasteiger charge is 2.11. The van der Waals surface area contributed by atoms with Gasteiger partial charge in [-0.3, -0.25) is 0 Å². The molecule has 3 heteroatoms. The van der Waals surface area contributed by atoms with Gasteiger partial charge in [0.15, 0.2) is 0 Å². The van der Waals surface area contributed by atoms with E-state index in [1.807, 2.05) is 73.8 Å². The average molecular weight is 289 g/mol. The van der Waals surface area contributed by atoms with E-state index < -0.39 is 0 Å². The summed E-state index contributed by atoms with van der Waals surface area (Å²) in [5, 5.41) is 3.33. The summed E-state index contributed by atoms with van der Waals surface area (Å²) in [5.74, 6) is 0.857. The van der Waals surface area contributed by atoms with Crippen molar-refractivity contribution in [2.45, 2.75) is 13.0 Å². The number of nitrogens with one attached hydrogen (secondary N) is 1. The Morgan fingerprint density at radius 1 is 0.909 bits per heavy atom. The number of rotatable bonds is 4. The number of pyridine rings is 1. The van der Waals surface area contributed by atoms with Gasteiger partial charge in [0.05, 0.1) is 6.04 Å². The van der Waals surface area contributed by atoms with Crippen LogP contribution in [-0.2, 0) is 0 Å². The van der Waals surface area contributed by atoms with Gasteiger partial charge in [-0.1, -0.05) is 48.5 Å². The number of hydrogen-bond donors (Lipinski definition) is 2. The fraction of sp³-hybridized carbons (Fsp3) is 0.105. The largest absolute Gasteiger partial charge is 0.340 e. The lowest BCUT2D eigenvalue weighted by Crippen LogP contribution is -2.12. The highest BCUT2D eigenvalue weighted by molar-refractivity contribution is 5.59. The first kappa shape index (κ1) is 14.3. The SMILES string of the molecule is Cc1cc([C@@H](N)c2ccccc2)cnc1Nc1ccccc1. The van der Waals surface area contributed by atoms with E-state index in [0.717, 1.165) is 28.2 Å². The molecule has 3 rings (SSSR count). The number of hydrogen-bond acceptors (Lipinski definition) is 3. The summed E-state index contributed by atoms with van der Waals surface area (Å²) in [4.78, 5) is 4.53. The van der Waals surface area contributed by atoms with E-state index in [2.05, 4.69) is 16.4 Å². The van der Waals surface area contributed by atoms with Gasteiger partial charge in [-0.25, -0.2) is 4.98 Å². The minimum absolute atomic E-state index is 0.154. The van der Waals surface area contributed by atoms with E-state index >= 15 is 0 Å². The van der Waals surface area contributed by atoms with Crippen LogP contribution in [0, 0.1) is 6.92 Å². The van der Waals surface area contributed by atoms with Crippen molar-refractivity contribution in [1.82, 2.24) is 4.98 Å².